The van der Waals surface area contributed by atoms with Crippen LogP contribution in [0.1, 0.15) is 17.5 Å². The van der Waals surface area contributed by atoms with Crippen LogP contribution in [0, 0.1) is 4.77 Å². The minimum atomic E-state index is -0.829. The second-order valence-electron chi connectivity index (χ2n) is 4.37. The standard InChI is InChI=1S/C15H13N3OS/c19-13(11-7-3-1-4-8-11)14-16-17-15(20)18(14)12-9-5-2-6-10-12/h1-10,13,19H,(H,17,20)/t13-/m1/s1. The van der Waals surface area contributed by atoms with Crippen molar-refractivity contribution in [1.82, 2.24) is 14.8 Å². The summed E-state index contributed by atoms with van der Waals surface area (Å²) in [5.41, 5.74) is 1.65. The van der Waals surface area contributed by atoms with Gasteiger partial charge in [-0.3, -0.25) is 9.67 Å². The van der Waals surface area contributed by atoms with Crippen LogP contribution in [-0.4, -0.2) is 19.9 Å². The van der Waals surface area contributed by atoms with Crippen LogP contribution in [0.5, 0.6) is 0 Å². The van der Waals surface area contributed by atoms with Crippen molar-refractivity contribution in [2.45, 2.75) is 6.10 Å². The third-order valence-corrected chi connectivity index (χ3v) is 3.35. The van der Waals surface area contributed by atoms with Gasteiger partial charge in [0.1, 0.15) is 6.10 Å². The van der Waals surface area contributed by atoms with E-state index >= 15 is 0 Å². The molecule has 2 aromatic carbocycles. The predicted molar refractivity (Wildman–Crippen MR) is 79.3 cm³/mol. The molecular formula is C15H13N3OS. The van der Waals surface area contributed by atoms with Gasteiger partial charge in [0.2, 0.25) is 0 Å². The fourth-order valence-corrected chi connectivity index (χ4v) is 2.35. The highest BCUT2D eigenvalue weighted by Crippen LogP contribution is 2.22. The van der Waals surface area contributed by atoms with Gasteiger partial charge in [0.05, 0.1) is 0 Å². The third-order valence-electron chi connectivity index (χ3n) is 3.07. The molecule has 3 aromatic rings. The number of rotatable bonds is 3. The second kappa shape index (κ2) is 5.40. The molecule has 0 fully saturated rings. The molecule has 1 heterocycles. The third kappa shape index (κ3) is 2.29. The fourth-order valence-electron chi connectivity index (χ4n) is 2.10. The largest absolute Gasteiger partial charge is 0.380 e. The maximum Gasteiger partial charge on any atom is 0.199 e. The predicted octanol–water partition coefficient (Wildman–Crippen LogP) is 3.01. The quantitative estimate of drug-likeness (QED) is 0.726. The molecule has 0 saturated heterocycles. The Morgan fingerprint density at radius 1 is 1.00 bits per heavy atom. The summed E-state index contributed by atoms with van der Waals surface area (Å²) in [5.74, 6) is 0.479. The van der Waals surface area contributed by atoms with Crippen molar-refractivity contribution in [3.8, 4) is 5.69 Å². The first-order valence-corrected chi connectivity index (χ1v) is 6.64. The SMILES string of the molecule is O[C@H](c1ccccc1)c1n[nH]c(=S)n1-c1ccccc1. The van der Waals surface area contributed by atoms with Crippen molar-refractivity contribution < 1.29 is 5.11 Å². The van der Waals surface area contributed by atoms with Gasteiger partial charge in [0.25, 0.3) is 0 Å². The summed E-state index contributed by atoms with van der Waals surface area (Å²) in [6.45, 7) is 0. The lowest BCUT2D eigenvalue weighted by molar-refractivity contribution is 0.207. The molecule has 3 rings (SSSR count). The van der Waals surface area contributed by atoms with E-state index in [4.69, 9.17) is 12.2 Å². The van der Waals surface area contributed by atoms with Crippen LogP contribution >= 0.6 is 12.2 Å². The summed E-state index contributed by atoms with van der Waals surface area (Å²) in [6, 6.07) is 19.0. The van der Waals surface area contributed by atoms with Gasteiger partial charge in [-0.1, -0.05) is 48.5 Å². The molecular weight excluding hydrogens is 270 g/mol. The lowest BCUT2D eigenvalue weighted by Crippen LogP contribution is -2.08. The van der Waals surface area contributed by atoms with Gasteiger partial charge < -0.3 is 5.11 Å². The number of aliphatic hydroxyl groups excluding tert-OH is 1. The topological polar surface area (TPSA) is 53.8 Å². The first kappa shape index (κ1) is 12.8. The number of H-pyrrole nitrogens is 1. The molecule has 0 aliphatic carbocycles. The van der Waals surface area contributed by atoms with E-state index in [1.807, 2.05) is 60.7 Å². The molecule has 2 N–H and O–H groups in total. The molecule has 0 aliphatic rings. The summed E-state index contributed by atoms with van der Waals surface area (Å²) in [6.07, 6.45) is -0.829. The number of aromatic amines is 1. The van der Waals surface area contributed by atoms with Crippen molar-refractivity contribution in [1.29, 1.82) is 0 Å². The molecule has 0 aliphatic heterocycles. The minimum Gasteiger partial charge on any atom is -0.380 e. The molecule has 1 aromatic heterocycles. The van der Waals surface area contributed by atoms with Crippen molar-refractivity contribution in [2.75, 3.05) is 0 Å². The van der Waals surface area contributed by atoms with Crippen LogP contribution in [0.15, 0.2) is 60.7 Å². The van der Waals surface area contributed by atoms with E-state index in [0.717, 1.165) is 11.3 Å². The first-order chi connectivity index (χ1) is 9.77. The van der Waals surface area contributed by atoms with Gasteiger partial charge in [0.15, 0.2) is 10.6 Å². The number of aromatic nitrogens is 3. The number of benzene rings is 2. The van der Waals surface area contributed by atoms with E-state index in [9.17, 15) is 5.11 Å². The Bertz CT molecular complexity index is 750. The molecule has 100 valence electrons. The summed E-state index contributed by atoms with van der Waals surface area (Å²) in [7, 11) is 0. The smallest absolute Gasteiger partial charge is 0.199 e. The molecule has 0 spiro atoms. The average molecular weight is 283 g/mol. The van der Waals surface area contributed by atoms with Crippen molar-refractivity contribution in [3.05, 3.63) is 76.8 Å². The Balaban J connectivity index is 2.10. The Hall–Kier alpha value is -2.24. The molecule has 5 heteroatoms. The number of hydrogen-bond acceptors (Lipinski definition) is 3. The molecule has 0 radical (unpaired) electrons. The summed E-state index contributed by atoms with van der Waals surface area (Å²) < 4.78 is 2.20. The van der Waals surface area contributed by atoms with Gasteiger partial charge in [-0.25, -0.2) is 0 Å². The van der Waals surface area contributed by atoms with Gasteiger partial charge >= 0.3 is 0 Å². The molecule has 1 atom stereocenters. The molecule has 0 bridgehead atoms. The fraction of sp³-hybridized carbons (Fsp3) is 0.0667. The molecule has 0 saturated carbocycles. The van der Waals surface area contributed by atoms with Crippen LogP contribution in [0.4, 0.5) is 0 Å². The first-order valence-electron chi connectivity index (χ1n) is 6.23. The van der Waals surface area contributed by atoms with Crippen LogP contribution in [0.25, 0.3) is 5.69 Å². The maximum absolute atomic E-state index is 10.5. The Kier molecular flexibility index (Phi) is 3.45. The van der Waals surface area contributed by atoms with Gasteiger partial charge in [-0.15, -0.1) is 0 Å². The van der Waals surface area contributed by atoms with Gasteiger partial charge in [-0.2, -0.15) is 5.10 Å². The molecule has 4 nitrogen and oxygen atoms in total. The Morgan fingerprint density at radius 3 is 2.25 bits per heavy atom. The molecule has 20 heavy (non-hydrogen) atoms. The summed E-state index contributed by atoms with van der Waals surface area (Å²) in [4.78, 5) is 0. The average Bonchev–Trinajstić information content (AvgIpc) is 2.90. The van der Waals surface area contributed by atoms with Crippen molar-refractivity contribution in [2.24, 2.45) is 0 Å². The van der Waals surface area contributed by atoms with Crippen LogP contribution in [0.2, 0.25) is 0 Å². The van der Waals surface area contributed by atoms with E-state index in [1.165, 1.54) is 0 Å². The van der Waals surface area contributed by atoms with E-state index in [2.05, 4.69) is 10.2 Å². The monoisotopic (exact) mass is 283 g/mol. The van der Waals surface area contributed by atoms with Gasteiger partial charge in [-0.05, 0) is 29.9 Å². The van der Waals surface area contributed by atoms with Crippen molar-refractivity contribution in [3.63, 3.8) is 0 Å². The number of hydrogen-bond donors (Lipinski definition) is 2. The highest BCUT2D eigenvalue weighted by atomic mass is 32.1. The number of aliphatic hydroxyl groups is 1. The van der Waals surface area contributed by atoms with Crippen LogP contribution < -0.4 is 0 Å². The Morgan fingerprint density at radius 2 is 1.60 bits per heavy atom. The second-order valence-corrected chi connectivity index (χ2v) is 4.76. The minimum absolute atomic E-state index is 0.459. The number of para-hydroxylation sites is 1. The number of nitrogens with zero attached hydrogens (tertiary/aromatic N) is 2. The summed E-state index contributed by atoms with van der Waals surface area (Å²) >= 11 is 5.26. The van der Waals surface area contributed by atoms with E-state index < -0.39 is 6.10 Å². The van der Waals surface area contributed by atoms with Gasteiger partial charge in [0, 0.05) is 5.69 Å². The van der Waals surface area contributed by atoms with E-state index in [1.54, 1.807) is 4.57 Å². The zero-order chi connectivity index (χ0) is 13.9. The molecule has 0 amide bonds. The zero-order valence-electron chi connectivity index (χ0n) is 10.6. The van der Waals surface area contributed by atoms with Crippen molar-refractivity contribution >= 4 is 12.2 Å². The van der Waals surface area contributed by atoms with E-state index in [0.29, 0.717) is 10.6 Å². The van der Waals surface area contributed by atoms with Crippen LogP contribution in [0.3, 0.4) is 0 Å². The number of nitrogens with one attached hydrogen (secondary N) is 1. The summed E-state index contributed by atoms with van der Waals surface area (Å²) in [5, 5.41) is 17.4. The highest BCUT2D eigenvalue weighted by Gasteiger charge is 2.18. The Labute approximate surface area is 121 Å². The molecule has 0 unspecified atom stereocenters. The lowest BCUT2D eigenvalue weighted by atomic mass is 10.1. The van der Waals surface area contributed by atoms with Crippen LogP contribution in [-0.2, 0) is 0 Å². The van der Waals surface area contributed by atoms with E-state index in [-0.39, 0.29) is 0 Å². The zero-order valence-corrected chi connectivity index (χ0v) is 11.4. The maximum atomic E-state index is 10.5. The highest BCUT2D eigenvalue weighted by molar-refractivity contribution is 7.71. The lowest BCUT2D eigenvalue weighted by Gasteiger charge is -2.12. The normalized spacial score (nSPS) is 12.2.